The summed E-state index contributed by atoms with van der Waals surface area (Å²) >= 11 is 0. The number of nitrogens with one attached hydrogen (secondary N) is 1. The van der Waals surface area contributed by atoms with E-state index in [0.717, 1.165) is 38.2 Å². The number of furan rings is 1. The normalized spacial score (nSPS) is 18.5. The largest absolute Gasteiger partial charge is 0.468 e. The lowest BCUT2D eigenvalue weighted by Gasteiger charge is -2.32. The van der Waals surface area contributed by atoms with Gasteiger partial charge in [-0.15, -0.1) is 0 Å². The number of amides is 1. The third kappa shape index (κ3) is 3.71. The third-order valence-corrected chi connectivity index (χ3v) is 4.58. The molecule has 1 amide bonds. The van der Waals surface area contributed by atoms with Crippen LogP contribution in [-0.4, -0.2) is 45.0 Å². The van der Waals surface area contributed by atoms with Crippen LogP contribution >= 0.6 is 0 Å². The van der Waals surface area contributed by atoms with Gasteiger partial charge < -0.3 is 9.73 Å². The second kappa shape index (κ2) is 7.06. The summed E-state index contributed by atoms with van der Waals surface area (Å²) in [5, 5.41) is 7.28. The van der Waals surface area contributed by atoms with Gasteiger partial charge in [-0.05, 0) is 43.5 Å². The smallest absolute Gasteiger partial charge is 0.271 e. The van der Waals surface area contributed by atoms with E-state index in [-0.39, 0.29) is 5.91 Å². The van der Waals surface area contributed by atoms with Crippen LogP contribution in [0.15, 0.2) is 47.3 Å². The van der Waals surface area contributed by atoms with E-state index in [1.165, 1.54) is 0 Å². The Bertz CT molecular complexity index is 809. The predicted octanol–water partition coefficient (Wildman–Crippen LogP) is 1.96. The zero-order valence-corrected chi connectivity index (χ0v) is 14.0. The first kappa shape index (κ1) is 15.8. The van der Waals surface area contributed by atoms with E-state index >= 15 is 0 Å². The molecule has 1 aliphatic heterocycles. The molecule has 0 unspecified atom stereocenters. The van der Waals surface area contributed by atoms with Crippen LogP contribution < -0.4 is 5.32 Å². The topological polar surface area (TPSA) is 75.7 Å². The molecule has 1 N–H and O–H groups in total. The molecule has 3 aromatic rings. The molecule has 4 rings (SSSR count). The highest BCUT2D eigenvalue weighted by molar-refractivity contribution is 5.93. The van der Waals surface area contributed by atoms with Gasteiger partial charge in [-0.3, -0.25) is 9.69 Å². The first-order valence-corrected chi connectivity index (χ1v) is 8.61. The fraction of sp³-hybridized carbons (Fsp3) is 0.389. The number of likely N-dealkylation sites (tertiary alicyclic amines) is 1. The fourth-order valence-electron chi connectivity index (χ4n) is 3.35. The van der Waals surface area contributed by atoms with E-state index in [2.05, 4.69) is 20.3 Å². The van der Waals surface area contributed by atoms with Crippen molar-refractivity contribution in [1.29, 1.82) is 0 Å². The lowest BCUT2D eigenvalue weighted by molar-refractivity contribution is 0.0923. The molecule has 0 spiro atoms. The number of fused-ring (bicyclic) bond motifs is 1. The van der Waals surface area contributed by atoms with Crippen molar-refractivity contribution < 1.29 is 9.21 Å². The number of carbonyl (C=O) groups is 1. The molecule has 7 nitrogen and oxygen atoms in total. The van der Waals surface area contributed by atoms with Crippen molar-refractivity contribution in [3.05, 3.63) is 54.4 Å². The Kier molecular flexibility index (Phi) is 4.47. The van der Waals surface area contributed by atoms with Gasteiger partial charge in [0.15, 0.2) is 11.3 Å². The lowest BCUT2D eigenvalue weighted by Crippen LogP contribution is -2.40. The van der Waals surface area contributed by atoms with Crippen LogP contribution in [0, 0.1) is 5.92 Å². The van der Waals surface area contributed by atoms with Crippen molar-refractivity contribution in [3.8, 4) is 0 Å². The molecule has 1 saturated heterocycles. The molecule has 0 aliphatic carbocycles. The van der Waals surface area contributed by atoms with Gasteiger partial charge in [0.2, 0.25) is 0 Å². The number of hydrogen-bond donors (Lipinski definition) is 1. The van der Waals surface area contributed by atoms with E-state index in [1.807, 2.05) is 12.1 Å². The maximum Gasteiger partial charge on any atom is 0.271 e. The van der Waals surface area contributed by atoms with Gasteiger partial charge in [-0.25, -0.2) is 9.50 Å². The molecule has 1 atom stereocenters. The molecule has 3 aromatic heterocycles. The number of rotatable bonds is 5. The van der Waals surface area contributed by atoms with Gasteiger partial charge >= 0.3 is 0 Å². The van der Waals surface area contributed by atoms with E-state index in [9.17, 15) is 4.79 Å². The average molecular weight is 339 g/mol. The summed E-state index contributed by atoms with van der Waals surface area (Å²) in [5.74, 6) is 1.29. The van der Waals surface area contributed by atoms with E-state index < -0.39 is 0 Å². The number of hydrogen-bond acceptors (Lipinski definition) is 5. The molecule has 130 valence electrons. The summed E-state index contributed by atoms with van der Waals surface area (Å²) in [6.45, 7) is 3.53. The Hall–Kier alpha value is -2.67. The van der Waals surface area contributed by atoms with Crippen LogP contribution in [-0.2, 0) is 6.54 Å². The highest BCUT2D eigenvalue weighted by Crippen LogP contribution is 2.18. The maximum absolute atomic E-state index is 12.4. The van der Waals surface area contributed by atoms with Crippen molar-refractivity contribution in [2.75, 3.05) is 19.6 Å². The number of nitrogens with zero attached hydrogens (tertiary/aromatic N) is 4. The van der Waals surface area contributed by atoms with Gasteiger partial charge in [0.25, 0.3) is 5.91 Å². The van der Waals surface area contributed by atoms with E-state index in [0.29, 0.717) is 23.8 Å². The minimum absolute atomic E-state index is 0.145. The van der Waals surface area contributed by atoms with Gasteiger partial charge in [0, 0.05) is 31.5 Å². The standard InChI is InChI=1S/C18H21N5O2/c24-18(16-10-17-19-6-3-8-23(17)21-16)20-11-14-4-1-7-22(12-14)13-15-5-2-9-25-15/h2-3,5-6,8-10,14H,1,4,7,11-13H2,(H,20,24)/t14-/m0/s1. The number of piperidine rings is 1. The van der Waals surface area contributed by atoms with Crippen molar-refractivity contribution in [3.63, 3.8) is 0 Å². The molecule has 1 fully saturated rings. The highest BCUT2D eigenvalue weighted by Gasteiger charge is 2.21. The second-order valence-electron chi connectivity index (χ2n) is 6.48. The Labute approximate surface area is 145 Å². The SMILES string of the molecule is O=C(NC[C@@H]1CCCN(Cc2ccco2)C1)c1cc2ncccn2n1. The fourth-order valence-corrected chi connectivity index (χ4v) is 3.35. The van der Waals surface area contributed by atoms with Crippen molar-refractivity contribution in [1.82, 2.24) is 24.8 Å². The van der Waals surface area contributed by atoms with Gasteiger partial charge in [-0.2, -0.15) is 5.10 Å². The van der Waals surface area contributed by atoms with Crippen LogP contribution in [0.1, 0.15) is 29.1 Å². The van der Waals surface area contributed by atoms with Crippen molar-refractivity contribution in [2.45, 2.75) is 19.4 Å². The summed E-state index contributed by atoms with van der Waals surface area (Å²) < 4.78 is 7.04. The molecular formula is C18H21N5O2. The Morgan fingerprint density at radius 2 is 2.36 bits per heavy atom. The highest BCUT2D eigenvalue weighted by atomic mass is 16.3. The summed E-state index contributed by atoms with van der Waals surface area (Å²) in [5.41, 5.74) is 1.08. The monoisotopic (exact) mass is 339 g/mol. The summed E-state index contributed by atoms with van der Waals surface area (Å²) in [6.07, 6.45) is 7.45. The van der Waals surface area contributed by atoms with Gasteiger partial charge in [0.05, 0.1) is 12.8 Å². The quantitative estimate of drug-likeness (QED) is 0.769. The van der Waals surface area contributed by atoms with Crippen LogP contribution in [0.3, 0.4) is 0 Å². The third-order valence-electron chi connectivity index (χ3n) is 4.58. The first-order chi connectivity index (χ1) is 12.3. The van der Waals surface area contributed by atoms with Crippen LogP contribution in [0.2, 0.25) is 0 Å². The molecule has 7 heteroatoms. The average Bonchev–Trinajstić information content (AvgIpc) is 3.29. The lowest BCUT2D eigenvalue weighted by atomic mass is 9.98. The minimum atomic E-state index is -0.145. The summed E-state index contributed by atoms with van der Waals surface area (Å²) in [4.78, 5) is 18.9. The molecule has 0 aromatic carbocycles. The minimum Gasteiger partial charge on any atom is -0.468 e. The van der Waals surface area contributed by atoms with Crippen molar-refractivity contribution >= 4 is 11.6 Å². The second-order valence-corrected chi connectivity index (χ2v) is 6.48. The molecule has 0 bridgehead atoms. The van der Waals surface area contributed by atoms with Gasteiger partial charge in [-0.1, -0.05) is 0 Å². The number of carbonyl (C=O) groups excluding carboxylic acids is 1. The summed E-state index contributed by atoms with van der Waals surface area (Å²) in [7, 11) is 0. The van der Waals surface area contributed by atoms with E-state index in [1.54, 1.807) is 35.3 Å². The zero-order valence-electron chi connectivity index (χ0n) is 14.0. The van der Waals surface area contributed by atoms with Crippen LogP contribution in [0.4, 0.5) is 0 Å². The first-order valence-electron chi connectivity index (χ1n) is 8.61. The summed E-state index contributed by atoms with van der Waals surface area (Å²) in [6, 6.07) is 7.42. The molecule has 25 heavy (non-hydrogen) atoms. The van der Waals surface area contributed by atoms with Crippen LogP contribution in [0.25, 0.3) is 5.65 Å². The maximum atomic E-state index is 12.4. The molecule has 0 radical (unpaired) electrons. The molecule has 4 heterocycles. The zero-order chi connectivity index (χ0) is 17.1. The molecule has 0 saturated carbocycles. The van der Waals surface area contributed by atoms with Gasteiger partial charge in [0.1, 0.15) is 5.76 Å². The number of aromatic nitrogens is 3. The van der Waals surface area contributed by atoms with E-state index in [4.69, 9.17) is 4.42 Å². The molecular weight excluding hydrogens is 318 g/mol. The molecule has 1 aliphatic rings. The Morgan fingerprint density at radius 3 is 3.20 bits per heavy atom. The Balaban J connectivity index is 1.31. The van der Waals surface area contributed by atoms with Crippen molar-refractivity contribution in [2.24, 2.45) is 5.92 Å². The Morgan fingerprint density at radius 1 is 1.40 bits per heavy atom. The predicted molar refractivity (Wildman–Crippen MR) is 92.0 cm³/mol. The van der Waals surface area contributed by atoms with Crippen LogP contribution in [0.5, 0.6) is 0 Å².